The second-order valence-electron chi connectivity index (χ2n) is 4.95. The van der Waals surface area contributed by atoms with Crippen molar-refractivity contribution in [3.05, 3.63) is 34.5 Å². The molecule has 0 N–H and O–H groups in total. The molecule has 1 aliphatic heterocycles. The number of nitrogens with zero attached hydrogens (tertiary/aromatic N) is 3. The fraction of sp³-hybridized carbons (Fsp3) is 0.462. The normalized spacial score (nSPS) is 16.1. The molecule has 0 saturated heterocycles. The highest BCUT2D eigenvalue weighted by molar-refractivity contribution is 7.91. The number of rotatable bonds is 4. The molecule has 8 heteroatoms. The molecule has 0 fully saturated rings. The van der Waals surface area contributed by atoms with Crippen LogP contribution in [0.3, 0.4) is 0 Å². The molecular formula is C13H17N3O3S2. The maximum Gasteiger partial charge on any atom is 0.252 e. The molecule has 0 atom stereocenters. The third-order valence-corrected chi connectivity index (χ3v) is 6.88. The van der Waals surface area contributed by atoms with Gasteiger partial charge < -0.3 is 4.74 Å². The van der Waals surface area contributed by atoms with Crippen LogP contribution in [0, 0.1) is 0 Å². The minimum atomic E-state index is -3.41. The number of aryl methyl sites for hydroxylation is 1. The second kappa shape index (κ2) is 5.53. The Labute approximate surface area is 128 Å². The summed E-state index contributed by atoms with van der Waals surface area (Å²) >= 11 is 1.25. The number of aromatic nitrogens is 2. The van der Waals surface area contributed by atoms with E-state index in [0.29, 0.717) is 30.3 Å². The van der Waals surface area contributed by atoms with Gasteiger partial charge in [0.1, 0.15) is 4.21 Å². The molecule has 3 rings (SSSR count). The summed E-state index contributed by atoms with van der Waals surface area (Å²) in [5, 5.41) is 6.21. The summed E-state index contributed by atoms with van der Waals surface area (Å²) in [6.07, 6.45) is 0.674. The Hall–Kier alpha value is -1.22. The molecule has 0 aromatic carbocycles. The lowest BCUT2D eigenvalue weighted by Gasteiger charge is -2.26. The Balaban J connectivity index is 1.94. The number of thiophene rings is 1. The molecule has 0 radical (unpaired) electrons. The monoisotopic (exact) mass is 327 g/mol. The first-order chi connectivity index (χ1) is 10.0. The first kappa shape index (κ1) is 14.7. The molecule has 0 spiro atoms. The zero-order valence-corrected chi connectivity index (χ0v) is 13.6. The van der Waals surface area contributed by atoms with Gasteiger partial charge in [0.05, 0.1) is 12.3 Å². The molecule has 0 unspecified atom stereocenters. The van der Waals surface area contributed by atoms with Gasteiger partial charge in [-0.15, -0.1) is 11.3 Å². The maximum absolute atomic E-state index is 12.6. The third-order valence-electron chi connectivity index (χ3n) is 3.66. The molecule has 6 nitrogen and oxygen atoms in total. The van der Waals surface area contributed by atoms with Crippen LogP contribution in [0.5, 0.6) is 0 Å². The molecule has 0 aliphatic carbocycles. The Morgan fingerprint density at radius 3 is 2.95 bits per heavy atom. The average Bonchev–Trinajstić information content (AvgIpc) is 3.09. The topological polar surface area (TPSA) is 64.4 Å². The van der Waals surface area contributed by atoms with Crippen molar-refractivity contribution in [2.24, 2.45) is 7.05 Å². The maximum atomic E-state index is 12.6. The van der Waals surface area contributed by atoms with Crippen LogP contribution in [0.2, 0.25) is 0 Å². The lowest BCUT2D eigenvalue weighted by Crippen LogP contribution is -2.36. The summed E-state index contributed by atoms with van der Waals surface area (Å²) in [6, 6.07) is 3.40. The van der Waals surface area contributed by atoms with Crippen LogP contribution in [-0.2, 0) is 41.4 Å². The fourth-order valence-electron chi connectivity index (χ4n) is 2.64. The highest BCUT2D eigenvalue weighted by atomic mass is 32.2. The zero-order chi connectivity index (χ0) is 15.0. The number of hydrogen-bond donors (Lipinski definition) is 0. The SMILES string of the molecule is COCc1nn(C)c2c1CN(S(=O)(=O)c1cccs1)CC2. The van der Waals surface area contributed by atoms with E-state index < -0.39 is 10.0 Å². The number of ether oxygens (including phenoxy) is 1. The van der Waals surface area contributed by atoms with Gasteiger partial charge in [0.15, 0.2) is 0 Å². The largest absolute Gasteiger partial charge is 0.378 e. The van der Waals surface area contributed by atoms with E-state index in [1.165, 1.54) is 15.6 Å². The number of methoxy groups -OCH3 is 1. The van der Waals surface area contributed by atoms with E-state index in [1.807, 2.05) is 11.7 Å². The van der Waals surface area contributed by atoms with Crippen LogP contribution >= 0.6 is 11.3 Å². The summed E-state index contributed by atoms with van der Waals surface area (Å²) in [4.78, 5) is 0. The summed E-state index contributed by atoms with van der Waals surface area (Å²) in [5.74, 6) is 0. The summed E-state index contributed by atoms with van der Waals surface area (Å²) in [5.41, 5.74) is 2.89. The smallest absolute Gasteiger partial charge is 0.252 e. The molecule has 0 bridgehead atoms. The summed E-state index contributed by atoms with van der Waals surface area (Å²) in [6.45, 7) is 1.25. The fourth-order valence-corrected chi connectivity index (χ4v) is 5.19. The van der Waals surface area contributed by atoms with Gasteiger partial charge >= 0.3 is 0 Å². The van der Waals surface area contributed by atoms with E-state index in [0.717, 1.165) is 17.0 Å². The minimum Gasteiger partial charge on any atom is -0.378 e. The van der Waals surface area contributed by atoms with Crippen molar-refractivity contribution < 1.29 is 13.2 Å². The summed E-state index contributed by atoms with van der Waals surface area (Å²) in [7, 11) is 0.0956. The molecule has 114 valence electrons. The number of hydrogen-bond acceptors (Lipinski definition) is 5. The van der Waals surface area contributed by atoms with Crippen molar-refractivity contribution in [1.82, 2.24) is 14.1 Å². The molecule has 1 aliphatic rings. The predicted octanol–water partition coefficient (Wildman–Crippen LogP) is 1.38. The van der Waals surface area contributed by atoms with Gasteiger partial charge in [0.25, 0.3) is 10.0 Å². The van der Waals surface area contributed by atoms with Crippen molar-refractivity contribution in [3.8, 4) is 0 Å². The minimum absolute atomic E-state index is 0.363. The highest BCUT2D eigenvalue weighted by Crippen LogP contribution is 2.28. The first-order valence-electron chi connectivity index (χ1n) is 6.60. The van der Waals surface area contributed by atoms with Gasteiger partial charge in [0.2, 0.25) is 0 Å². The Morgan fingerprint density at radius 2 is 2.29 bits per heavy atom. The van der Waals surface area contributed by atoms with Gasteiger partial charge in [0, 0.05) is 44.9 Å². The first-order valence-corrected chi connectivity index (χ1v) is 8.92. The van der Waals surface area contributed by atoms with Crippen LogP contribution in [0.4, 0.5) is 0 Å². The van der Waals surface area contributed by atoms with E-state index >= 15 is 0 Å². The van der Waals surface area contributed by atoms with Crippen molar-refractivity contribution in [2.75, 3.05) is 13.7 Å². The van der Waals surface area contributed by atoms with Crippen LogP contribution in [0.1, 0.15) is 17.0 Å². The lowest BCUT2D eigenvalue weighted by atomic mass is 10.1. The highest BCUT2D eigenvalue weighted by Gasteiger charge is 2.32. The number of sulfonamides is 1. The standard InChI is InChI=1S/C13H17N3O3S2/c1-15-12-5-6-16(8-10(12)11(14-15)9-19-2)21(17,18)13-4-3-7-20-13/h3-4,7H,5-6,8-9H2,1-2H3. The van der Waals surface area contributed by atoms with E-state index in [-0.39, 0.29) is 0 Å². The van der Waals surface area contributed by atoms with E-state index in [4.69, 9.17) is 4.74 Å². The van der Waals surface area contributed by atoms with Gasteiger partial charge in [-0.3, -0.25) is 4.68 Å². The Kier molecular flexibility index (Phi) is 3.87. The Morgan fingerprint density at radius 1 is 1.48 bits per heavy atom. The van der Waals surface area contributed by atoms with Gasteiger partial charge in [-0.25, -0.2) is 8.42 Å². The van der Waals surface area contributed by atoms with E-state index in [9.17, 15) is 8.42 Å². The van der Waals surface area contributed by atoms with E-state index in [1.54, 1.807) is 24.6 Å². The molecule has 0 saturated carbocycles. The van der Waals surface area contributed by atoms with Crippen LogP contribution < -0.4 is 0 Å². The lowest BCUT2D eigenvalue weighted by molar-refractivity contribution is 0.179. The number of fused-ring (bicyclic) bond motifs is 1. The zero-order valence-electron chi connectivity index (χ0n) is 11.9. The summed E-state index contributed by atoms with van der Waals surface area (Å²) < 4.78 is 34.1. The quantitative estimate of drug-likeness (QED) is 0.851. The second-order valence-corrected chi connectivity index (χ2v) is 8.06. The van der Waals surface area contributed by atoms with Crippen molar-refractivity contribution in [3.63, 3.8) is 0 Å². The molecule has 2 aromatic rings. The molecule has 0 amide bonds. The van der Waals surface area contributed by atoms with Crippen molar-refractivity contribution in [1.29, 1.82) is 0 Å². The third kappa shape index (κ3) is 2.52. The average molecular weight is 327 g/mol. The van der Waals surface area contributed by atoms with E-state index in [2.05, 4.69) is 5.10 Å². The molecule has 2 aromatic heterocycles. The van der Waals surface area contributed by atoms with Crippen LogP contribution in [0.25, 0.3) is 0 Å². The van der Waals surface area contributed by atoms with Gasteiger partial charge in [-0.2, -0.15) is 9.40 Å². The van der Waals surface area contributed by atoms with Gasteiger partial charge in [-0.1, -0.05) is 6.07 Å². The molecule has 3 heterocycles. The van der Waals surface area contributed by atoms with Crippen LogP contribution in [0.15, 0.2) is 21.7 Å². The van der Waals surface area contributed by atoms with Gasteiger partial charge in [-0.05, 0) is 11.4 Å². The predicted molar refractivity (Wildman–Crippen MR) is 79.5 cm³/mol. The molecule has 21 heavy (non-hydrogen) atoms. The van der Waals surface area contributed by atoms with Crippen LogP contribution in [-0.4, -0.2) is 36.2 Å². The van der Waals surface area contributed by atoms with Crippen molar-refractivity contribution >= 4 is 21.4 Å². The Bertz CT molecular complexity index is 735. The molecular weight excluding hydrogens is 310 g/mol. The van der Waals surface area contributed by atoms with Crippen molar-refractivity contribution in [2.45, 2.75) is 23.8 Å².